The van der Waals surface area contributed by atoms with Gasteiger partial charge in [-0.2, -0.15) is 13.2 Å². The highest BCUT2D eigenvalue weighted by Crippen LogP contribution is 2.32. The van der Waals surface area contributed by atoms with E-state index in [1.807, 2.05) is 0 Å². The zero-order valence-electron chi connectivity index (χ0n) is 16.6. The molecule has 1 aromatic heterocycles. The number of thiol groups is 1. The molecule has 1 aromatic rings. The number of carbonyl (C=O) groups is 2. The van der Waals surface area contributed by atoms with Crippen LogP contribution in [0.25, 0.3) is 0 Å². The van der Waals surface area contributed by atoms with Crippen LogP contribution in [0.1, 0.15) is 35.7 Å². The minimum Gasteiger partial charge on any atom is -0.335 e. The summed E-state index contributed by atoms with van der Waals surface area (Å²) >= 11 is 0. The third-order valence-electron chi connectivity index (χ3n) is 5.22. The lowest BCUT2D eigenvalue weighted by Gasteiger charge is -2.36. The van der Waals surface area contributed by atoms with Crippen molar-refractivity contribution in [3.05, 3.63) is 52.5 Å². The Morgan fingerprint density at radius 2 is 1.68 bits per heavy atom. The zero-order valence-corrected chi connectivity index (χ0v) is 17.5. The monoisotopic (exact) mass is 458 g/mol. The molecule has 2 aliphatic rings. The summed E-state index contributed by atoms with van der Waals surface area (Å²) in [7, 11) is -2.78. The molecule has 1 fully saturated rings. The van der Waals surface area contributed by atoms with Crippen LogP contribution in [0.15, 0.2) is 41.4 Å². The Bertz CT molecular complexity index is 1020. The average molecular weight is 458 g/mol. The summed E-state index contributed by atoms with van der Waals surface area (Å²) in [6, 6.07) is 0.768. The summed E-state index contributed by atoms with van der Waals surface area (Å²) < 4.78 is 63.6. The summed E-state index contributed by atoms with van der Waals surface area (Å²) in [6.07, 6.45) is -0.391. The number of carbonyl (C=O) groups excluding carboxylic acids is 2. The minimum atomic E-state index is -4.67. The Morgan fingerprint density at radius 1 is 1.06 bits per heavy atom. The van der Waals surface area contributed by atoms with Crippen LogP contribution in [-0.2, 0) is 21.9 Å². The van der Waals surface area contributed by atoms with Crippen molar-refractivity contribution in [3.63, 3.8) is 0 Å². The number of nitrogens with zero attached hydrogens (tertiary/aromatic N) is 3. The molecule has 8 nitrogen and oxygen atoms in total. The van der Waals surface area contributed by atoms with Gasteiger partial charge in [-0.3, -0.25) is 19.3 Å². The van der Waals surface area contributed by atoms with E-state index in [0.29, 0.717) is 29.7 Å². The molecule has 1 saturated heterocycles. The van der Waals surface area contributed by atoms with Crippen molar-refractivity contribution in [1.82, 2.24) is 19.5 Å². The van der Waals surface area contributed by atoms with Crippen LogP contribution < -0.4 is 4.72 Å². The molecule has 0 aromatic carbocycles. The van der Waals surface area contributed by atoms with Crippen molar-refractivity contribution in [3.8, 4) is 0 Å². The van der Waals surface area contributed by atoms with E-state index < -0.39 is 34.1 Å². The van der Waals surface area contributed by atoms with Gasteiger partial charge in [0.1, 0.15) is 0 Å². The van der Waals surface area contributed by atoms with Gasteiger partial charge in [0.15, 0.2) is 0 Å². The number of nitrogens with one attached hydrogen (secondary N) is 1. The van der Waals surface area contributed by atoms with Crippen molar-refractivity contribution in [1.29, 1.82) is 0 Å². The quantitative estimate of drug-likeness (QED) is 0.667. The first-order valence-electron chi connectivity index (χ1n) is 9.49. The Hall–Kier alpha value is -2.89. The summed E-state index contributed by atoms with van der Waals surface area (Å²) in [5.41, 5.74) is 0.168. The number of rotatable bonds is 4. The molecule has 12 heteroatoms. The van der Waals surface area contributed by atoms with E-state index in [9.17, 15) is 31.2 Å². The van der Waals surface area contributed by atoms with E-state index in [1.165, 1.54) is 4.90 Å². The van der Waals surface area contributed by atoms with Crippen molar-refractivity contribution in [2.75, 3.05) is 26.2 Å². The second kappa shape index (κ2) is 9.08. The topological polar surface area (TPSA) is 99.7 Å². The first-order valence-corrected chi connectivity index (χ1v) is 10.7. The second-order valence-corrected chi connectivity index (χ2v) is 7.94. The Morgan fingerprint density at radius 3 is 2.23 bits per heavy atom. The molecule has 168 valence electrons. The van der Waals surface area contributed by atoms with Gasteiger partial charge in [-0.25, -0.2) is 8.42 Å². The standard InChI is InChI=1S/C19H21F3N4O4S/c1-12-10-13(2-3-16(12)24-31(29)30)17(27)25-6-8-26(9-7-25)18(28)14-11-23-5-4-15(14)19(20,21)22/h4-5,10-11,31H,2-3,6-9H2,1H3,(H,24,29,30). The molecule has 1 aliphatic carbocycles. The molecule has 1 N–H and O–H groups in total. The van der Waals surface area contributed by atoms with Gasteiger partial charge in [0.2, 0.25) is 16.8 Å². The number of pyridine rings is 1. The smallest absolute Gasteiger partial charge is 0.335 e. The lowest BCUT2D eigenvalue weighted by atomic mass is 9.96. The van der Waals surface area contributed by atoms with Gasteiger partial charge < -0.3 is 9.80 Å². The molecule has 1 aliphatic heterocycles. The molecule has 0 unspecified atom stereocenters. The van der Waals surface area contributed by atoms with Crippen LogP contribution in [0.3, 0.4) is 0 Å². The lowest BCUT2D eigenvalue weighted by molar-refractivity contribution is -0.138. The molecule has 0 bridgehead atoms. The number of alkyl halides is 3. The number of piperazine rings is 1. The maximum atomic E-state index is 13.2. The maximum Gasteiger partial charge on any atom is 0.417 e. The first kappa shape index (κ1) is 22.8. The largest absolute Gasteiger partial charge is 0.417 e. The van der Waals surface area contributed by atoms with Crippen LogP contribution in [0.4, 0.5) is 13.2 Å². The van der Waals surface area contributed by atoms with Crippen LogP contribution in [-0.4, -0.2) is 61.2 Å². The van der Waals surface area contributed by atoms with Crippen LogP contribution in [0.5, 0.6) is 0 Å². The predicted molar refractivity (Wildman–Crippen MR) is 105 cm³/mol. The molecular weight excluding hydrogens is 437 g/mol. The lowest BCUT2D eigenvalue weighted by Crippen LogP contribution is -2.51. The second-order valence-electron chi connectivity index (χ2n) is 7.20. The number of hydrogen-bond donors (Lipinski definition) is 2. The molecule has 0 saturated carbocycles. The summed E-state index contributed by atoms with van der Waals surface area (Å²) in [5.74, 6) is -1.00. The third-order valence-corrected chi connectivity index (χ3v) is 5.68. The molecule has 3 rings (SSSR count). The predicted octanol–water partition coefficient (Wildman–Crippen LogP) is 1.50. The van der Waals surface area contributed by atoms with Gasteiger partial charge in [-0.05, 0) is 37.5 Å². The maximum absolute atomic E-state index is 13.2. The molecule has 31 heavy (non-hydrogen) atoms. The summed E-state index contributed by atoms with van der Waals surface area (Å²) in [4.78, 5) is 31.9. The highest BCUT2D eigenvalue weighted by Gasteiger charge is 2.37. The van der Waals surface area contributed by atoms with Crippen molar-refractivity contribution >= 4 is 22.7 Å². The van der Waals surface area contributed by atoms with Crippen molar-refractivity contribution in [2.24, 2.45) is 0 Å². The van der Waals surface area contributed by atoms with E-state index >= 15 is 0 Å². The third kappa shape index (κ3) is 5.24. The van der Waals surface area contributed by atoms with E-state index in [-0.39, 0.29) is 32.1 Å². The normalized spacial score (nSPS) is 17.6. The molecule has 0 spiro atoms. The van der Waals surface area contributed by atoms with Gasteiger partial charge >= 0.3 is 6.18 Å². The average Bonchev–Trinajstić information content (AvgIpc) is 2.73. The number of hydrogen-bond acceptors (Lipinski definition) is 5. The Kier molecular flexibility index (Phi) is 6.68. The van der Waals surface area contributed by atoms with Gasteiger partial charge in [0.05, 0.1) is 11.1 Å². The van der Waals surface area contributed by atoms with Crippen molar-refractivity contribution < 1.29 is 31.2 Å². The Balaban J connectivity index is 1.66. The highest BCUT2D eigenvalue weighted by molar-refractivity contribution is 7.70. The highest BCUT2D eigenvalue weighted by atomic mass is 32.2. The van der Waals surface area contributed by atoms with Gasteiger partial charge in [0.25, 0.3) is 5.91 Å². The van der Waals surface area contributed by atoms with E-state index in [1.54, 1.807) is 17.9 Å². The van der Waals surface area contributed by atoms with Gasteiger partial charge in [0, 0.05) is 49.8 Å². The van der Waals surface area contributed by atoms with Crippen LogP contribution in [0, 0.1) is 0 Å². The van der Waals surface area contributed by atoms with Gasteiger partial charge in [-0.15, -0.1) is 0 Å². The molecule has 0 radical (unpaired) electrons. The SMILES string of the molecule is CC1=C(N[SH](=O)=O)CCC(C(=O)N2CCN(C(=O)c3cnccc3C(F)(F)F)CC2)=C1. The first-order chi connectivity index (χ1) is 14.6. The van der Waals surface area contributed by atoms with E-state index in [4.69, 9.17) is 0 Å². The molecule has 2 heterocycles. The fraction of sp³-hybridized carbons (Fsp3) is 0.421. The summed E-state index contributed by atoms with van der Waals surface area (Å²) in [6.45, 7) is 2.27. The van der Waals surface area contributed by atoms with Crippen molar-refractivity contribution in [2.45, 2.75) is 25.9 Å². The Labute approximate surface area is 178 Å². The molecule has 0 atom stereocenters. The number of aromatic nitrogens is 1. The van der Waals surface area contributed by atoms with Gasteiger partial charge in [-0.1, -0.05) is 0 Å². The molecular formula is C19H21F3N4O4S. The van der Waals surface area contributed by atoms with Crippen LogP contribution >= 0.6 is 0 Å². The number of allylic oxidation sites excluding steroid dienone is 3. The minimum absolute atomic E-state index is 0.0995. The fourth-order valence-electron chi connectivity index (χ4n) is 3.60. The fourth-order valence-corrected chi connectivity index (χ4v) is 4.11. The number of amides is 2. The summed E-state index contributed by atoms with van der Waals surface area (Å²) in [5, 5.41) is 0. The van der Waals surface area contributed by atoms with E-state index in [0.717, 1.165) is 18.5 Å². The molecule has 2 amide bonds. The zero-order chi connectivity index (χ0) is 22.8. The van der Waals surface area contributed by atoms with E-state index in [2.05, 4.69) is 9.71 Å². The number of halogens is 3. The van der Waals surface area contributed by atoms with Crippen LogP contribution in [0.2, 0.25) is 0 Å².